The van der Waals surface area contributed by atoms with Gasteiger partial charge < -0.3 is 4.90 Å². The van der Waals surface area contributed by atoms with Crippen LogP contribution in [0, 0.1) is 0 Å². The molecule has 74 valence electrons. The molecule has 2 rings (SSSR count). The molecule has 1 saturated heterocycles. The Balaban J connectivity index is 2.11. The van der Waals surface area contributed by atoms with Crippen molar-refractivity contribution in [3.8, 4) is 0 Å². The summed E-state index contributed by atoms with van der Waals surface area (Å²) in [7, 11) is 0. The van der Waals surface area contributed by atoms with Gasteiger partial charge >= 0.3 is 0 Å². The second kappa shape index (κ2) is 4.13. The quantitative estimate of drug-likeness (QED) is 0.742. The maximum absolute atomic E-state index is 11.7. The van der Waals surface area contributed by atoms with Gasteiger partial charge in [0.2, 0.25) is 0 Å². The van der Waals surface area contributed by atoms with Crippen molar-refractivity contribution in [2.75, 3.05) is 13.1 Å². The summed E-state index contributed by atoms with van der Waals surface area (Å²) in [5.41, 5.74) is 2.00. The first-order valence-corrected chi connectivity index (χ1v) is 5.87. The molecule has 1 amide bonds. The summed E-state index contributed by atoms with van der Waals surface area (Å²) in [6, 6.07) is 7.78. The van der Waals surface area contributed by atoms with Gasteiger partial charge in [-0.1, -0.05) is 28.1 Å². The van der Waals surface area contributed by atoms with E-state index in [0.717, 1.165) is 30.4 Å². The van der Waals surface area contributed by atoms with E-state index in [1.54, 1.807) is 0 Å². The highest BCUT2D eigenvalue weighted by Gasteiger charge is 2.20. The van der Waals surface area contributed by atoms with Crippen molar-refractivity contribution in [3.05, 3.63) is 35.4 Å². The van der Waals surface area contributed by atoms with E-state index in [0.29, 0.717) is 0 Å². The molecule has 2 nitrogen and oxygen atoms in total. The zero-order valence-corrected chi connectivity index (χ0v) is 9.46. The van der Waals surface area contributed by atoms with Crippen molar-refractivity contribution in [2.45, 2.75) is 11.8 Å². The zero-order chi connectivity index (χ0) is 9.97. The summed E-state index contributed by atoms with van der Waals surface area (Å²) in [5.74, 6) is 0.164. The van der Waals surface area contributed by atoms with Gasteiger partial charge in [0, 0.05) is 24.0 Å². The Labute approximate surface area is 92.0 Å². The fourth-order valence-electron chi connectivity index (χ4n) is 1.44. The molecule has 1 aliphatic heterocycles. The Hall–Kier alpha value is -0.830. The predicted molar refractivity (Wildman–Crippen MR) is 59.6 cm³/mol. The lowest BCUT2D eigenvalue weighted by molar-refractivity contribution is 0.0652. The van der Waals surface area contributed by atoms with Gasteiger partial charge in [-0.15, -0.1) is 0 Å². The van der Waals surface area contributed by atoms with Gasteiger partial charge in [-0.05, 0) is 24.1 Å². The molecule has 1 aliphatic rings. The van der Waals surface area contributed by atoms with Crippen LogP contribution in [0.2, 0.25) is 0 Å². The van der Waals surface area contributed by atoms with Crippen molar-refractivity contribution in [2.24, 2.45) is 0 Å². The van der Waals surface area contributed by atoms with Gasteiger partial charge in [-0.2, -0.15) is 0 Å². The Kier molecular flexibility index (Phi) is 2.87. The minimum absolute atomic E-state index is 0.164. The number of rotatable bonds is 2. The molecule has 1 aromatic rings. The number of likely N-dealkylation sites (tertiary alicyclic amines) is 1. The van der Waals surface area contributed by atoms with Crippen molar-refractivity contribution >= 4 is 21.8 Å². The van der Waals surface area contributed by atoms with Crippen LogP contribution in [0.1, 0.15) is 22.3 Å². The molecule has 0 atom stereocenters. The maximum Gasteiger partial charge on any atom is 0.253 e. The molecular formula is C11H12BrNO. The Bertz CT molecular complexity index is 330. The molecule has 0 saturated carbocycles. The molecule has 0 spiro atoms. The number of alkyl halides is 1. The molecule has 0 aliphatic carbocycles. The number of nitrogens with zero attached hydrogens (tertiary/aromatic N) is 1. The molecule has 1 fully saturated rings. The molecule has 14 heavy (non-hydrogen) atoms. The minimum Gasteiger partial charge on any atom is -0.339 e. The summed E-state index contributed by atoms with van der Waals surface area (Å²) in [4.78, 5) is 13.6. The van der Waals surface area contributed by atoms with E-state index in [4.69, 9.17) is 0 Å². The second-order valence-electron chi connectivity index (χ2n) is 3.48. The van der Waals surface area contributed by atoms with Crippen LogP contribution in [0.25, 0.3) is 0 Å². The van der Waals surface area contributed by atoms with E-state index < -0.39 is 0 Å². The fraction of sp³-hybridized carbons (Fsp3) is 0.364. The van der Waals surface area contributed by atoms with Crippen LogP contribution in [0.3, 0.4) is 0 Å². The minimum atomic E-state index is 0.164. The number of halogens is 1. The SMILES string of the molecule is O=C(c1ccc(CBr)cc1)N1CCC1. The van der Waals surface area contributed by atoms with E-state index in [1.165, 1.54) is 5.56 Å². The average molecular weight is 254 g/mol. The molecule has 0 unspecified atom stereocenters. The van der Waals surface area contributed by atoms with Gasteiger partial charge in [-0.25, -0.2) is 0 Å². The molecule has 1 aromatic carbocycles. The standard InChI is InChI=1S/C11H12BrNO/c12-8-9-2-4-10(5-3-9)11(14)13-6-1-7-13/h2-5H,1,6-8H2. The van der Waals surface area contributed by atoms with Gasteiger partial charge in [0.15, 0.2) is 0 Å². The lowest BCUT2D eigenvalue weighted by Crippen LogP contribution is -2.41. The van der Waals surface area contributed by atoms with Crippen LogP contribution in [0.15, 0.2) is 24.3 Å². The molecule has 0 aromatic heterocycles. The number of carbonyl (C=O) groups excluding carboxylic acids is 1. The number of amides is 1. The first-order valence-electron chi connectivity index (χ1n) is 4.75. The van der Waals surface area contributed by atoms with E-state index >= 15 is 0 Å². The first kappa shape index (κ1) is 9.71. The molecular weight excluding hydrogens is 242 g/mol. The van der Waals surface area contributed by atoms with E-state index in [-0.39, 0.29) is 5.91 Å². The van der Waals surface area contributed by atoms with Crippen molar-refractivity contribution in [3.63, 3.8) is 0 Å². The van der Waals surface area contributed by atoms with Gasteiger partial charge in [0.1, 0.15) is 0 Å². The fourth-order valence-corrected chi connectivity index (χ4v) is 1.81. The summed E-state index contributed by atoms with van der Waals surface area (Å²) < 4.78 is 0. The number of carbonyl (C=O) groups is 1. The smallest absolute Gasteiger partial charge is 0.253 e. The number of benzene rings is 1. The zero-order valence-electron chi connectivity index (χ0n) is 7.87. The second-order valence-corrected chi connectivity index (χ2v) is 4.04. The van der Waals surface area contributed by atoms with Crippen LogP contribution in [0.5, 0.6) is 0 Å². The van der Waals surface area contributed by atoms with E-state index in [2.05, 4.69) is 15.9 Å². The highest BCUT2D eigenvalue weighted by Crippen LogP contribution is 2.14. The third-order valence-electron chi connectivity index (χ3n) is 2.50. The summed E-state index contributed by atoms with van der Waals surface area (Å²) in [6.45, 7) is 1.83. The summed E-state index contributed by atoms with van der Waals surface area (Å²) in [6.07, 6.45) is 1.14. The maximum atomic E-state index is 11.7. The summed E-state index contributed by atoms with van der Waals surface area (Å²) in [5, 5.41) is 0.838. The lowest BCUT2D eigenvalue weighted by Gasteiger charge is -2.30. The van der Waals surface area contributed by atoms with Crippen LogP contribution in [-0.4, -0.2) is 23.9 Å². The van der Waals surface area contributed by atoms with Gasteiger partial charge in [0.05, 0.1) is 0 Å². The van der Waals surface area contributed by atoms with E-state index in [9.17, 15) is 4.79 Å². The Morgan fingerprint density at radius 1 is 1.29 bits per heavy atom. The molecule has 0 bridgehead atoms. The predicted octanol–water partition coefficient (Wildman–Crippen LogP) is 2.43. The van der Waals surface area contributed by atoms with Gasteiger partial charge in [0.25, 0.3) is 5.91 Å². The first-order chi connectivity index (χ1) is 6.81. The largest absolute Gasteiger partial charge is 0.339 e. The van der Waals surface area contributed by atoms with Crippen LogP contribution < -0.4 is 0 Å². The highest BCUT2D eigenvalue weighted by molar-refractivity contribution is 9.08. The Morgan fingerprint density at radius 2 is 1.93 bits per heavy atom. The third kappa shape index (κ3) is 1.82. The highest BCUT2D eigenvalue weighted by atomic mass is 79.9. The monoisotopic (exact) mass is 253 g/mol. The third-order valence-corrected chi connectivity index (χ3v) is 3.15. The lowest BCUT2D eigenvalue weighted by atomic mass is 10.1. The molecule has 0 radical (unpaired) electrons. The molecule has 1 heterocycles. The van der Waals surface area contributed by atoms with Crippen molar-refractivity contribution in [1.82, 2.24) is 4.90 Å². The molecule has 0 N–H and O–H groups in total. The number of hydrogen-bond donors (Lipinski definition) is 0. The summed E-state index contributed by atoms with van der Waals surface area (Å²) >= 11 is 3.38. The number of hydrogen-bond acceptors (Lipinski definition) is 1. The topological polar surface area (TPSA) is 20.3 Å². The van der Waals surface area contributed by atoms with Crippen molar-refractivity contribution in [1.29, 1.82) is 0 Å². The van der Waals surface area contributed by atoms with Crippen molar-refractivity contribution < 1.29 is 4.79 Å². The van der Waals surface area contributed by atoms with Crippen LogP contribution in [-0.2, 0) is 5.33 Å². The van der Waals surface area contributed by atoms with Crippen LogP contribution >= 0.6 is 15.9 Å². The average Bonchev–Trinajstić information content (AvgIpc) is 2.15. The van der Waals surface area contributed by atoms with E-state index in [1.807, 2.05) is 29.2 Å². The molecule has 3 heteroatoms. The van der Waals surface area contributed by atoms with Crippen LogP contribution in [0.4, 0.5) is 0 Å². The Morgan fingerprint density at radius 3 is 2.36 bits per heavy atom. The normalized spacial score (nSPS) is 15.1. The van der Waals surface area contributed by atoms with Gasteiger partial charge in [-0.3, -0.25) is 4.79 Å².